The third-order valence-corrected chi connectivity index (χ3v) is 4.16. The molecule has 1 unspecified atom stereocenters. The fraction of sp³-hybridized carbons (Fsp3) is 0.769. The summed E-state index contributed by atoms with van der Waals surface area (Å²) in [6.45, 7) is 1.44. The minimum Gasteiger partial charge on any atom is -0.370 e. The molecule has 0 amide bonds. The highest BCUT2D eigenvalue weighted by Gasteiger charge is 2.42. The van der Waals surface area contributed by atoms with Crippen LogP contribution in [0, 0.1) is 0 Å². The second-order valence-corrected chi connectivity index (χ2v) is 5.43. The number of ether oxygens (including phenoxy) is 1. The smallest absolute Gasteiger partial charge is 0.0950 e. The number of aromatic nitrogens is 2. The zero-order valence-corrected chi connectivity index (χ0v) is 10.3. The van der Waals surface area contributed by atoms with Crippen molar-refractivity contribution in [1.82, 2.24) is 9.55 Å². The summed E-state index contributed by atoms with van der Waals surface area (Å²) in [5.74, 6) is 0. The Morgan fingerprint density at radius 2 is 2.24 bits per heavy atom. The van der Waals surface area contributed by atoms with Crippen LogP contribution in [0.1, 0.15) is 44.2 Å². The molecular formula is C13H21N3O. The van der Waals surface area contributed by atoms with E-state index in [1.54, 1.807) is 0 Å². The van der Waals surface area contributed by atoms with E-state index in [2.05, 4.69) is 9.55 Å². The monoisotopic (exact) mass is 235 g/mol. The van der Waals surface area contributed by atoms with Gasteiger partial charge in [0, 0.05) is 19.3 Å². The van der Waals surface area contributed by atoms with E-state index in [0.29, 0.717) is 12.6 Å². The SMILES string of the molecule is NCc1cn(CC2CCC3(CCCC3)O2)cn1. The van der Waals surface area contributed by atoms with Gasteiger partial charge in [0.05, 0.1) is 23.7 Å². The highest BCUT2D eigenvalue weighted by Crippen LogP contribution is 2.43. The second kappa shape index (κ2) is 4.42. The summed E-state index contributed by atoms with van der Waals surface area (Å²) in [4.78, 5) is 4.25. The van der Waals surface area contributed by atoms with E-state index < -0.39 is 0 Å². The Hall–Kier alpha value is -0.870. The first-order chi connectivity index (χ1) is 8.30. The van der Waals surface area contributed by atoms with E-state index in [4.69, 9.17) is 10.5 Å². The number of nitrogens with zero attached hydrogens (tertiary/aromatic N) is 2. The number of nitrogens with two attached hydrogens (primary N) is 1. The van der Waals surface area contributed by atoms with E-state index in [-0.39, 0.29) is 5.60 Å². The van der Waals surface area contributed by atoms with Gasteiger partial charge in [-0.15, -0.1) is 0 Å². The molecule has 4 heteroatoms. The molecule has 94 valence electrons. The van der Waals surface area contributed by atoms with Gasteiger partial charge in [0.15, 0.2) is 0 Å². The molecule has 2 aliphatic rings. The van der Waals surface area contributed by atoms with Gasteiger partial charge >= 0.3 is 0 Å². The normalized spacial score (nSPS) is 27.0. The van der Waals surface area contributed by atoms with Crippen molar-refractivity contribution in [3.05, 3.63) is 18.2 Å². The van der Waals surface area contributed by atoms with Crippen LogP contribution in [0.5, 0.6) is 0 Å². The molecule has 2 fully saturated rings. The molecule has 4 nitrogen and oxygen atoms in total. The van der Waals surface area contributed by atoms with Crippen LogP contribution in [0.2, 0.25) is 0 Å². The molecule has 2 heterocycles. The lowest BCUT2D eigenvalue weighted by atomic mass is 9.98. The first kappa shape index (κ1) is 11.2. The van der Waals surface area contributed by atoms with Crippen molar-refractivity contribution in [2.75, 3.05) is 0 Å². The van der Waals surface area contributed by atoms with Gasteiger partial charge in [0.1, 0.15) is 0 Å². The van der Waals surface area contributed by atoms with Crippen LogP contribution < -0.4 is 5.73 Å². The molecule has 0 aromatic carbocycles. The molecule has 1 saturated heterocycles. The Balaban J connectivity index is 1.59. The van der Waals surface area contributed by atoms with Crippen molar-refractivity contribution >= 4 is 0 Å². The molecule has 0 bridgehead atoms. The minimum absolute atomic E-state index is 0.238. The van der Waals surface area contributed by atoms with Crippen molar-refractivity contribution in [3.8, 4) is 0 Å². The molecule has 1 spiro atoms. The predicted octanol–water partition coefficient (Wildman–Crippen LogP) is 1.83. The highest BCUT2D eigenvalue weighted by atomic mass is 16.5. The largest absolute Gasteiger partial charge is 0.370 e. The molecule has 0 radical (unpaired) electrons. The Bertz CT molecular complexity index is 382. The van der Waals surface area contributed by atoms with Crippen LogP contribution in [0.25, 0.3) is 0 Å². The molecule has 17 heavy (non-hydrogen) atoms. The molecule has 3 rings (SSSR count). The maximum atomic E-state index is 6.28. The molecule has 1 atom stereocenters. The van der Waals surface area contributed by atoms with E-state index in [1.165, 1.54) is 38.5 Å². The average molecular weight is 235 g/mol. The van der Waals surface area contributed by atoms with Crippen LogP contribution in [-0.4, -0.2) is 21.3 Å². The standard InChI is InChI=1S/C13H21N3O/c14-7-11-8-16(10-15-11)9-12-3-6-13(17-12)4-1-2-5-13/h8,10,12H,1-7,9,14H2. The Morgan fingerprint density at radius 3 is 2.94 bits per heavy atom. The van der Waals surface area contributed by atoms with Crippen LogP contribution in [0.3, 0.4) is 0 Å². The lowest BCUT2D eigenvalue weighted by molar-refractivity contribution is -0.0418. The fourth-order valence-electron chi connectivity index (χ4n) is 3.26. The van der Waals surface area contributed by atoms with Crippen molar-refractivity contribution < 1.29 is 4.74 Å². The number of rotatable bonds is 3. The van der Waals surface area contributed by atoms with Crippen molar-refractivity contribution in [2.24, 2.45) is 5.73 Å². The van der Waals surface area contributed by atoms with Crippen molar-refractivity contribution in [2.45, 2.75) is 63.3 Å². The van der Waals surface area contributed by atoms with Gasteiger partial charge in [-0.25, -0.2) is 4.98 Å². The van der Waals surface area contributed by atoms with Gasteiger partial charge in [0.2, 0.25) is 0 Å². The highest BCUT2D eigenvalue weighted by molar-refractivity contribution is 4.97. The van der Waals surface area contributed by atoms with E-state index in [1.807, 2.05) is 12.5 Å². The lowest BCUT2D eigenvalue weighted by Gasteiger charge is -2.23. The molecule has 2 N–H and O–H groups in total. The summed E-state index contributed by atoms with van der Waals surface area (Å²) in [7, 11) is 0. The summed E-state index contributed by atoms with van der Waals surface area (Å²) < 4.78 is 8.39. The second-order valence-electron chi connectivity index (χ2n) is 5.43. The molecule has 1 aliphatic heterocycles. The number of imidazole rings is 1. The van der Waals surface area contributed by atoms with Crippen LogP contribution in [0.15, 0.2) is 12.5 Å². The van der Waals surface area contributed by atoms with E-state index in [0.717, 1.165) is 12.2 Å². The molecular weight excluding hydrogens is 214 g/mol. The Labute approximate surface area is 102 Å². The first-order valence-corrected chi connectivity index (χ1v) is 6.68. The first-order valence-electron chi connectivity index (χ1n) is 6.68. The third kappa shape index (κ3) is 2.24. The topological polar surface area (TPSA) is 53.1 Å². The number of hydrogen-bond acceptors (Lipinski definition) is 3. The average Bonchev–Trinajstić information content (AvgIpc) is 3.03. The van der Waals surface area contributed by atoms with Gasteiger partial charge in [0.25, 0.3) is 0 Å². The van der Waals surface area contributed by atoms with Gasteiger partial charge < -0.3 is 15.0 Å². The van der Waals surface area contributed by atoms with Gasteiger partial charge in [-0.3, -0.25) is 0 Å². The van der Waals surface area contributed by atoms with Gasteiger partial charge in [-0.05, 0) is 25.7 Å². The van der Waals surface area contributed by atoms with Gasteiger partial charge in [-0.2, -0.15) is 0 Å². The summed E-state index contributed by atoms with van der Waals surface area (Å²) >= 11 is 0. The summed E-state index contributed by atoms with van der Waals surface area (Å²) in [6.07, 6.45) is 11.9. The van der Waals surface area contributed by atoms with Crippen LogP contribution in [0.4, 0.5) is 0 Å². The van der Waals surface area contributed by atoms with Crippen molar-refractivity contribution in [1.29, 1.82) is 0 Å². The van der Waals surface area contributed by atoms with E-state index in [9.17, 15) is 0 Å². The number of hydrogen-bond donors (Lipinski definition) is 1. The minimum atomic E-state index is 0.238. The summed E-state index contributed by atoms with van der Waals surface area (Å²) in [6, 6.07) is 0. The molecule has 1 saturated carbocycles. The lowest BCUT2D eigenvalue weighted by Crippen LogP contribution is -2.26. The quantitative estimate of drug-likeness (QED) is 0.869. The Morgan fingerprint density at radius 1 is 1.41 bits per heavy atom. The van der Waals surface area contributed by atoms with E-state index >= 15 is 0 Å². The van der Waals surface area contributed by atoms with Crippen LogP contribution >= 0.6 is 0 Å². The van der Waals surface area contributed by atoms with Gasteiger partial charge in [-0.1, -0.05) is 12.8 Å². The summed E-state index contributed by atoms with van der Waals surface area (Å²) in [5.41, 5.74) is 6.75. The molecule has 1 aromatic rings. The zero-order chi connectivity index (χ0) is 11.7. The fourth-order valence-corrected chi connectivity index (χ4v) is 3.26. The maximum absolute atomic E-state index is 6.28. The zero-order valence-electron chi connectivity index (χ0n) is 10.3. The maximum Gasteiger partial charge on any atom is 0.0950 e. The van der Waals surface area contributed by atoms with Crippen molar-refractivity contribution in [3.63, 3.8) is 0 Å². The third-order valence-electron chi connectivity index (χ3n) is 4.16. The van der Waals surface area contributed by atoms with Crippen LogP contribution in [-0.2, 0) is 17.8 Å². The molecule has 1 aromatic heterocycles. The Kier molecular flexibility index (Phi) is 2.92. The summed E-state index contributed by atoms with van der Waals surface area (Å²) in [5, 5.41) is 0. The predicted molar refractivity (Wildman–Crippen MR) is 65.4 cm³/mol. The molecule has 1 aliphatic carbocycles.